The lowest BCUT2D eigenvalue weighted by Crippen LogP contribution is -2.43. The highest BCUT2D eigenvalue weighted by Gasteiger charge is 2.22. The third-order valence-electron chi connectivity index (χ3n) is 3.45. The van der Waals surface area contributed by atoms with Gasteiger partial charge in [0, 0.05) is 26.7 Å². The van der Waals surface area contributed by atoms with Crippen LogP contribution in [0.5, 0.6) is 0 Å². The summed E-state index contributed by atoms with van der Waals surface area (Å²) in [7, 11) is 1.95. The fourth-order valence-corrected chi connectivity index (χ4v) is 2.38. The number of aliphatic hydroxyl groups excluding tert-OH is 1. The Bertz CT molecular complexity index is 453. The van der Waals surface area contributed by atoms with Crippen LogP contribution in [0.25, 0.3) is 0 Å². The summed E-state index contributed by atoms with van der Waals surface area (Å²) in [4.78, 5) is 4.12. The normalized spacial score (nSPS) is 16.5. The molecule has 20 heavy (non-hydrogen) atoms. The van der Waals surface area contributed by atoms with Gasteiger partial charge in [-0.3, -0.25) is 0 Å². The minimum atomic E-state index is -0.543. The summed E-state index contributed by atoms with van der Waals surface area (Å²) in [5.74, 6) is -0.235. The third-order valence-corrected chi connectivity index (χ3v) is 3.45. The fraction of sp³-hybridized carbons (Fsp3) is 0.600. The number of rotatable bonds is 5. The zero-order valence-electron chi connectivity index (χ0n) is 12.3. The molecule has 0 aliphatic carbocycles. The van der Waals surface area contributed by atoms with E-state index in [-0.39, 0.29) is 11.9 Å². The van der Waals surface area contributed by atoms with Crippen molar-refractivity contribution in [3.63, 3.8) is 0 Å². The summed E-state index contributed by atoms with van der Waals surface area (Å²) < 4.78 is 18.8. The molecule has 0 aromatic heterocycles. The first-order valence-electron chi connectivity index (χ1n) is 7.02. The molecule has 1 aromatic rings. The summed E-state index contributed by atoms with van der Waals surface area (Å²) in [6, 6.07) is 4.77. The maximum absolute atomic E-state index is 13.4. The van der Waals surface area contributed by atoms with Gasteiger partial charge in [-0.15, -0.1) is 0 Å². The van der Waals surface area contributed by atoms with Crippen molar-refractivity contribution in [1.29, 1.82) is 0 Å². The molecule has 0 fully saturated rings. The molecule has 5 heteroatoms. The Labute approximate surface area is 119 Å². The van der Waals surface area contributed by atoms with E-state index in [0.717, 1.165) is 24.5 Å². The number of β-amino-alcohol motifs (C(OH)–C–C–N with tert-alkyl or cyclic N) is 1. The number of ether oxygens (including phenoxy) is 1. The number of likely N-dealkylation sites (N-methyl/N-ethyl adjacent to an activating group) is 1. The molecule has 1 atom stereocenters. The van der Waals surface area contributed by atoms with E-state index in [9.17, 15) is 9.50 Å². The molecule has 1 unspecified atom stereocenters. The van der Waals surface area contributed by atoms with Crippen molar-refractivity contribution in [3.05, 3.63) is 24.0 Å². The molecule has 1 heterocycles. The van der Waals surface area contributed by atoms with Crippen LogP contribution < -0.4 is 9.80 Å². The van der Waals surface area contributed by atoms with Crippen molar-refractivity contribution in [3.8, 4) is 0 Å². The summed E-state index contributed by atoms with van der Waals surface area (Å²) in [5, 5.41) is 10.0. The highest BCUT2D eigenvalue weighted by molar-refractivity contribution is 5.73. The number of hydrogen-bond donors (Lipinski definition) is 1. The van der Waals surface area contributed by atoms with Gasteiger partial charge in [-0.2, -0.15) is 0 Å². The molecular formula is C15H23FN2O2. The minimum Gasteiger partial charge on any atom is -0.389 e. The van der Waals surface area contributed by atoms with Crippen molar-refractivity contribution < 1.29 is 14.2 Å². The van der Waals surface area contributed by atoms with Gasteiger partial charge in [-0.05, 0) is 32.0 Å². The number of nitrogens with zero attached hydrogens (tertiary/aromatic N) is 2. The van der Waals surface area contributed by atoms with Gasteiger partial charge < -0.3 is 19.6 Å². The number of aliphatic hydroxyl groups is 1. The van der Waals surface area contributed by atoms with E-state index in [1.165, 1.54) is 6.07 Å². The van der Waals surface area contributed by atoms with Gasteiger partial charge in [0.05, 0.1) is 30.2 Å². The molecule has 0 spiro atoms. The van der Waals surface area contributed by atoms with E-state index in [1.807, 2.05) is 25.8 Å². The van der Waals surface area contributed by atoms with Gasteiger partial charge in [0.1, 0.15) is 5.82 Å². The first-order chi connectivity index (χ1) is 9.47. The standard InChI is InChI=1S/C15H23FN2O2/c1-11(2)20-10-13(19)9-18-7-6-17(3)15-8-12(16)4-5-14(15)18/h4-5,8,11,13,19H,6-7,9-10H2,1-3H3. The van der Waals surface area contributed by atoms with Crippen molar-refractivity contribution >= 4 is 11.4 Å². The van der Waals surface area contributed by atoms with E-state index in [4.69, 9.17) is 4.74 Å². The van der Waals surface area contributed by atoms with Gasteiger partial charge in [0.25, 0.3) is 0 Å². The van der Waals surface area contributed by atoms with E-state index in [2.05, 4.69) is 4.90 Å². The average Bonchev–Trinajstić information content (AvgIpc) is 2.40. The van der Waals surface area contributed by atoms with Crippen LogP contribution in [0.3, 0.4) is 0 Å². The summed E-state index contributed by atoms with van der Waals surface area (Å²) in [6.45, 7) is 6.34. The lowest BCUT2D eigenvalue weighted by atomic mass is 10.1. The molecule has 1 aliphatic rings. The molecule has 4 nitrogen and oxygen atoms in total. The molecule has 0 bridgehead atoms. The van der Waals surface area contributed by atoms with Crippen LogP contribution in [0.1, 0.15) is 13.8 Å². The Balaban J connectivity index is 2.05. The molecule has 2 rings (SSSR count). The average molecular weight is 282 g/mol. The highest BCUT2D eigenvalue weighted by Crippen LogP contribution is 2.32. The SMILES string of the molecule is CC(C)OCC(O)CN1CCN(C)c2cc(F)ccc21. The van der Waals surface area contributed by atoms with Crippen molar-refractivity contribution in [1.82, 2.24) is 0 Å². The molecule has 0 saturated heterocycles. The monoisotopic (exact) mass is 282 g/mol. The highest BCUT2D eigenvalue weighted by atomic mass is 19.1. The largest absolute Gasteiger partial charge is 0.389 e. The predicted octanol–water partition coefficient (Wildman–Crippen LogP) is 1.87. The quantitative estimate of drug-likeness (QED) is 0.894. The number of anilines is 2. The van der Waals surface area contributed by atoms with Crippen molar-refractivity contribution in [2.45, 2.75) is 26.1 Å². The van der Waals surface area contributed by atoms with Gasteiger partial charge in [-0.25, -0.2) is 4.39 Å². The summed E-state index contributed by atoms with van der Waals surface area (Å²) in [5.41, 5.74) is 1.83. The first-order valence-corrected chi connectivity index (χ1v) is 7.02. The molecule has 0 radical (unpaired) electrons. The second kappa shape index (κ2) is 6.41. The molecule has 0 saturated carbocycles. The van der Waals surface area contributed by atoms with E-state index < -0.39 is 6.10 Å². The molecule has 0 amide bonds. The van der Waals surface area contributed by atoms with Crippen LogP contribution in [0, 0.1) is 5.82 Å². The fourth-order valence-electron chi connectivity index (χ4n) is 2.38. The number of hydrogen-bond acceptors (Lipinski definition) is 4. The van der Waals surface area contributed by atoms with Gasteiger partial charge in [0.2, 0.25) is 0 Å². The second-order valence-corrected chi connectivity index (χ2v) is 5.54. The Morgan fingerprint density at radius 2 is 2.05 bits per heavy atom. The maximum atomic E-state index is 13.4. The van der Waals surface area contributed by atoms with Crippen LogP contribution in [0.15, 0.2) is 18.2 Å². The second-order valence-electron chi connectivity index (χ2n) is 5.54. The maximum Gasteiger partial charge on any atom is 0.125 e. The zero-order valence-corrected chi connectivity index (χ0v) is 12.3. The summed E-state index contributed by atoms with van der Waals surface area (Å²) >= 11 is 0. The zero-order chi connectivity index (χ0) is 14.7. The Kier molecular flexibility index (Phi) is 4.83. The predicted molar refractivity (Wildman–Crippen MR) is 79.0 cm³/mol. The van der Waals surface area contributed by atoms with Gasteiger partial charge in [-0.1, -0.05) is 0 Å². The van der Waals surface area contributed by atoms with Gasteiger partial charge in [0.15, 0.2) is 0 Å². The van der Waals surface area contributed by atoms with E-state index >= 15 is 0 Å². The van der Waals surface area contributed by atoms with E-state index in [1.54, 1.807) is 12.1 Å². The smallest absolute Gasteiger partial charge is 0.125 e. The number of benzene rings is 1. The topological polar surface area (TPSA) is 35.9 Å². The van der Waals surface area contributed by atoms with Crippen LogP contribution in [0.2, 0.25) is 0 Å². The Hall–Kier alpha value is -1.33. The minimum absolute atomic E-state index is 0.110. The lowest BCUT2D eigenvalue weighted by molar-refractivity contribution is 0.00889. The molecule has 1 N–H and O–H groups in total. The van der Waals surface area contributed by atoms with Crippen LogP contribution >= 0.6 is 0 Å². The Morgan fingerprint density at radius 1 is 1.30 bits per heavy atom. The van der Waals surface area contributed by atoms with Crippen LogP contribution in [0.4, 0.5) is 15.8 Å². The molecular weight excluding hydrogens is 259 g/mol. The molecule has 1 aromatic carbocycles. The van der Waals surface area contributed by atoms with Gasteiger partial charge >= 0.3 is 0 Å². The van der Waals surface area contributed by atoms with Crippen molar-refractivity contribution in [2.75, 3.05) is 43.1 Å². The number of halogens is 1. The molecule has 1 aliphatic heterocycles. The van der Waals surface area contributed by atoms with Crippen LogP contribution in [-0.2, 0) is 4.74 Å². The summed E-state index contributed by atoms with van der Waals surface area (Å²) in [6.07, 6.45) is -0.433. The number of fused-ring (bicyclic) bond motifs is 1. The molecule has 112 valence electrons. The van der Waals surface area contributed by atoms with Crippen LogP contribution in [-0.4, -0.2) is 50.6 Å². The first kappa shape index (κ1) is 15.1. The van der Waals surface area contributed by atoms with E-state index in [0.29, 0.717) is 13.2 Å². The lowest BCUT2D eigenvalue weighted by Gasteiger charge is -2.38. The third kappa shape index (κ3) is 3.61. The van der Waals surface area contributed by atoms with Crippen molar-refractivity contribution in [2.24, 2.45) is 0 Å². The Morgan fingerprint density at radius 3 is 2.75 bits per heavy atom.